The van der Waals surface area contributed by atoms with E-state index in [1.54, 1.807) is 12.1 Å². The third kappa shape index (κ3) is 3.86. The van der Waals surface area contributed by atoms with Gasteiger partial charge in [-0.3, -0.25) is 9.59 Å². The highest BCUT2D eigenvalue weighted by Crippen LogP contribution is 2.60. The van der Waals surface area contributed by atoms with Crippen LogP contribution in [-0.2, 0) is 20.9 Å². The Labute approximate surface area is 181 Å². The fourth-order valence-corrected chi connectivity index (χ4v) is 6.60. The maximum absolute atomic E-state index is 12.9. The Morgan fingerprint density at radius 2 is 1.73 bits per heavy atom. The van der Waals surface area contributed by atoms with Gasteiger partial charge in [-0.15, -0.1) is 0 Å². The summed E-state index contributed by atoms with van der Waals surface area (Å²) >= 11 is 6.29. The van der Waals surface area contributed by atoms with E-state index >= 15 is 0 Å². The number of hydrogen-bond donors (Lipinski definition) is 1. The SMILES string of the molecule is O=C(CNC(=O)C12CC3CC(CC(C3)C1)C2)OCc1cc(Cl)c2c(c1)OCCCO2. The van der Waals surface area contributed by atoms with Gasteiger partial charge < -0.3 is 19.5 Å². The van der Waals surface area contributed by atoms with Crippen molar-refractivity contribution < 1.29 is 23.8 Å². The van der Waals surface area contributed by atoms with Crippen LogP contribution in [0.3, 0.4) is 0 Å². The Kier molecular flexibility index (Phi) is 5.30. The molecule has 0 atom stereocenters. The normalized spacial score (nSPS) is 31.2. The number of halogens is 1. The van der Waals surface area contributed by atoms with Crippen LogP contribution in [-0.4, -0.2) is 31.6 Å². The lowest BCUT2D eigenvalue weighted by Crippen LogP contribution is -2.54. The van der Waals surface area contributed by atoms with Gasteiger partial charge in [-0.05, 0) is 74.0 Å². The second-order valence-electron chi connectivity index (χ2n) is 9.50. The third-order valence-corrected chi connectivity index (χ3v) is 7.46. The highest BCUT2D eigenvalue weighted by atomic mass is 35.5. The fraction of sp³-hybridized carbons (Fsp3) is 0.652. The van der Waals surface area contributed by atoms with Crippen LogP contribution >= 0.6 is 11.6 Å². The molecule has 0 aromatic heterocycles. The minimum Gasteiger partial charge on any atom is -0.489 e. The van der Waals surface area contributed by atoms with Crippen molar-refractivity contribution in [3.8, 4) is 11.5 Å². The number of rotatable bonds is 5. The number of amides is 1. The van der Waals surface area contributed by atoms with E-state index in [0.717, 1.165) is 31.2 Å². The van der Waals surface area contributed by atoms with Crippen molar-refractivity contribution in [3.05, 3.63) is 22.7 Å². The molecule has 30 heavy (non-hydrogen) atoms. The zero-order valence-electron chi connectivity index (χ0n) is 17.1. The molecule has 7 heteroatoms. The van der Waals surface area contributed by atoms with Gasteiger partial charge in [-0.1, -0.05) is 11.6 Å². The van der Waals surface area contributed by atoms with Gasteiger partial charge in [0, 0.05) is 11.8 Å². The molecular weight excluding hydrogens is 406 g/mol. The van der Waals surface area contributed by atoms with Gasteiger partial charge in [0.1, 0.15) is 13.2 Å². The molecule has 1 N–H and O–H groups in total. The molecule has 1 amide bonds. The summed E-state index contributed by atoms with van der Waals surface area (Å²) in [7, 11) is 0. The van der Waals surface area contributed by atoms with Crippen LogP contribution in [0.4, 0.5) is 0 Å². The van der Waals surface area contributed by atoms with Gasteiger partial charge >= 0.3 is 5.97 Å². The van der Waals surface area contributed by atoms with Crippen molar-refractivity contribution in [1.82, 2.24) is 5.32 Å². The van der Waals surface area contributed by atoms with Gasteiger partial charge in [0.25, 0.3) is 0 Å². The van der Waals surface area contributed by atoms with Gasteiger partial charge in [-0.2, -0.15) is 0 Å². The molecule has 1 aliphatic heterocycles. The van der Waals surface area contributed by atoms with E-state index in [2.05, 4.69) is 5.32 Å². The molecule has 0 unspecified atom stereocenters. The smallest absolute Gasteiger partial charge is 0.325 e. The van der Waals surface area contributed by atoms with Crippen LogP contribution < -0.4 is 14.8 Å². The maximum Gasteiger partial charge on any atom is 0.325 e. The Bertz CT molecular complexity index is 819. The molecule has 162 valence electrons. The van der Waals surface area contributed by atoms with Crippen molar-refractivity contribution in [2.24, 2.45) is 23.2 Å². The summed E-state index contributed by atoms with van der Waals surface area (Å²) in [6.07, 6.45) is 7.59. The Morgan fingerprint density at radius 3 is 2.43 bits per heavy atom. The molecule has 0 spiro atoms. The minimum absolute atomic E-state index is 0.0390. The number of nitrogens with one attached hydrogen (secondary N) is 1. The molecule has 4 fully saturated rings. The minimum atomic E-state index is -0.448. The number of ether oxygens (including phenoxy) is 3. The van der Waals surface area contributed by atoms with Crippen molar-refractivity contribution in [2.75, 3.05) is 19.8 Å². The maximum atomic E-state index is 12.9. The molecule has 0 saturated heterocycles. The van der Waals surface area contributed by atoms with E-state index in [0.29, 0.717) is 47.5 Å². The molecule has 1 aromatic rings. The molecule has 1 heterocycles. The van der Waals surface area contributed by atoms with Gasteiger partial charge in [-0.25, -0.2) is 0 Å². The predicted molar refractivity (Wildman–Crippen MR) is 110 cm³/mol. The molecule has 4 saturated carbocycles. The van der Waals surface area contributed by atoms with E-state index in [1.807, 2.05) is 0 Å². The van der Waals surface area contributed by atoms with Gasteiger partial charge in [0.2, 0.25) is 5.91 Å². The topological polar surface area (TPSA) is 73.9 Å². The average molecular weight is 434 g/mol. The zero-order chi connectivity index (χ0) is 20.7. The lowest BCUT2D eigenvalue weighted by Gasteiger charge is -2.55. The molecule has 4 bridgehead atoms. The molecule has 0 radical (unpaired) electrons. The van der Waals surface area contributed by atoms with Crippen LogP contribution in [0.5, 0.6) is 11.5 Å². The standard InChI is InChI=1S/C23H28ClNO5/c24-18-7-17(8-19-21(18)29-3-1-2-28-19)13-30-20(26)12-25-22(27)23-9-14-4-15(10-23)6-16(5-14)11-23/h7-8,14-16H,1-6,9-13H2,(H,25,27). The number of benzene rings is 1. The molecule has 4 aliphatic carbocycles. The van der Waals surface area contributed by atoms with E-state index in [9.17, 15) is 9.59 Å². The lowest BCUT2D eigenvalue weighted by molar-refractivity contribution is -0.151. The first-order valence-electron chi connectivity index (χ1n) is 11.0. The second kappa shape index (κ2) is 7.95. The van der Waals surface area contributed by atoms with Crippen LogP contribution in [0.15, 0.2) is 12.1 Å². The summed E-state index contributed by atoms with van der Waals surface area (Å²) in [6.45, 7) is 1.09. The van der Waals surface area contributed by atoms with Gasteiger partial charge in [0.15, 0.2) is 11.5 Å². The lowest BCUT2D eigenvalue weighted by atomic mass is 9.49. The van der Waals surface area contributed by atoms with Crippen molar-refractivity contribution in [1.29, 1.82) is 0 Å². The highest BCUT2D eigenvalue weighted by Gasteiger charge is 2.54. The van der Waals surface area contributed by atoms with Crippen LogP contribution in [0.2, 0.25) is 5.02 Å². The van der Waals surface area contributed by atoms with Crippen LogP contribution in [0.1, 0.15) is 50.5 Å². The van der Waals surface area contributed by atoms with Crippen molar-refractivity contribution in [3.63, 3.8) is 0 Å². The van der Waals surface area contributed by atoms with Crippen molar-refractivity contribution >= 4 is 23.5 Å². The quantitative estimate of drug-likeness (QED) is 0.713. The Hall–Kier alpha value is -1.95. The Morgan fingerprint density at radius 1 is 1.07 bits per heavy atom. The third-order valence-electron chi connectivity index (χ3n) is 7.17. The fourth-order valence-electron chi connectivity index (χ4n) is 6.31. The first kappa shape index (κ1) is 20.0. The average Bonchev–Trinajstić information content (AvgIpc) is 2.95. The van der Waals surface area contributed by atoms with Crippen molar-refractivity contribution in [2.45, 2.75) is 51.6 Å². The predicted octanol–water partition coefficient (Wildman–Crippen LogP) is 3.88. The summed E-state index contributed by atoms with van der Waals surface area (Å²) in [5.74, 6) is 2.77. The number of hydrogen-bond acceptors (Lipinski definition) is 5. The van der Waals surface area contributed by atoms with Crippen LogP contribution in [0.25, 0.3) is 0 Å². The largest absolute Gasteiger partial charge is 0.489 e. The molecule has 6 nitrogen and oxygen atoms in total. The van der Waals surface area contributed by atoms with Gasteiger partial charge in [0.05, 0.1) is 18.2 Å². The van der Waals surface area contributed by atoms with E-state index < -0.39 is 5.97 Å². The zero-order valence-corrected chi connectivity index (χ0v) is 17.8. The summed E-state index contributed by atoms with van der Waals surface area (Å²) < 4.78 is 16.6. The number of esters is 1. The van der Waals surface area contributed by atoms with E-state index in [-0.39, 0.29) is 24.5 Å². The number of carbonyl (C=O) groups is 2. The Balaban J connectivity index is 1.14. The number of carbonyl (C=O) groups excluding carboxylic acids is 2. The molecular formula is C23H28ClNO5. The van der Waals surface area contributed by atoms with E-state index in [1.165, 1.54) is 19.3 Å². The summed E-state index contributed by atoms with van der Waals surface area (Å²) in [4.78, 5) is 25.2. The number of fused-ring (bicyclic) bond motifs is 1. The highest BCUT2D eigenvalue weighted by molar-refractivity contribution is 6.32. The monoisotopic (exact) mass is 433 g/mol. The molecule has 6 rings (SSSR count). The second-order valence-corrected chi connectivity index (χ2v) is 9.90. The summed E-state index contributed by atoms with van der Waals surface area (Å²) in [5.41, 5.74) is 0.474. The molecule has 5 aliphatic rings. The molecule has 1 aromatic carbocycles. The first-order valence-corrected chi connectivity index (χ1v) is 11.4. The van der Waals surface area contributed by atoms with Crippen LogP contribution in [0, 0.1) is 23.2 Å². The first-order chi connectivity index (χ1) is 14.5. The van der Waals surface area contributed by atoms with E-state index in [4.69, 9.17) is 25.8 Å². The summed E-state index contributed by atoms with van der Waals surface area (Å²) in [5, 5.41) is 3.30. The summed E-state index contributed by atoms with van der Waals surface area (Å²) in [6, 6.07) is 3.50.